The molecule has 10 heteroatoms. The van der Waals surface area contributed by atoms with E-state index in [-0.39, 0.29) is 30.9 Å². The van der Waals surface area contributed by atoms with E-state index in [1.165, 1.54) is 7.11 Å². The van der Waals surface area contributed by atoms with E-state index in [9.17, 15) is 9.59 Å². The molecule has 1 atom stereocenters. The highest BCUT2D eigenvalue weighted by Crippen LogP contribution is 2.31. The summed E-state index contributed by atoms with van der Waals surface area (Å²) in [6.07, 6.45) is 3.82. The monoisotopic (exact) mass is 430 g/mol. The van der Waals surface area contributed by atoms with Crippen LogP contribution >= 0.6 is 0 Å². The summed E-state index contributed by atoms with van der Waals surface area (Å²) in [6, 6.07) is -0.0952. The van der Waals surface area contributed by atoms with Crippen molar-refractivity contribution in [2.45, 2.75) is 58.5 Å². The minimum absolute atomic E-state index is 0.0190. The van der Waals surface area contributed by atoms with Crippen molar-refractivity contribution in [3.63, 3.8) is 0 Å². The molecule has 10 nitrogen and oxygen atoms in total. The van der Waals surface area contributed by atoms with Gasteiger partial charge in [0.25, 0.3) is 0 Å². The average molecular weight is 431 g/mol. The molecule has 1 unspecified atom stereocenters. The first kappa shape index (κ1) is 21.5. The molecule has 2 aliphatic rings. The Hall–Kier alpha value is -2.75. The zero-order chi connectivity index (χ0) is 22.0. The Labute approximate surface area is 181 Å². The first-order valence-electron chi connectivity index (χ1n) is 10.9. The fourth-order valence-electron chi connectivity index (χ4n) is 4.56. The molecular formula is C21H30N6O4. The predicted octanol–water partition coefficient (Wildman–Crippen LogP) is 1.21. The number of hydrogen-bond donors (Lipinski definition) is 0. The second-order valence-corrected chi connectivity index (χ2v) is 8.27. The fraction of sp³-hybridized carbons (Fsp3) is 0.667. The van der Waals surface area contributed by atoms with E-state index in [1.54, 1.807) is 0 Å². The lowest BCUT2D eigenvalue weighted by atomic mass is 10.0. The van der Waals surface area contributed by atoms with Crippen molar-refractivity contribution in [1.29, 1.82) is 0 Å². The van der Waals surface area contributed by atoms with Gasteiger partial charge in [0, 0.05) is 45.3 Å². The third-order valence-corrected chi connectivity index (χ3v) is 6.31. The predicted molar refractivity (Wildman–Crippen MR) is 110 cm³/mol. The number of aromatic nitrogens is 4. The van der Waals surface area contributed by atoms with Crippen LogP contribution in [0.4, 0.5) is 0 Å². The van der Waals surface area contributed by atoms with Crippen LogP contribution in [0, 0.1) is 13.8 Å². The van der Waals surface area contributed by atoms with E-state index >= 15 is 0 Å². The molecule has 1 fully saturated rings. The largest absolute Gasteiger partial charge is 0.375 e. The summed E-state index contributed by atoms with van der Waals surface area (Å²) < 4.78 is 12.4. The van der Waals surface area contributed by atoms with Gasteiger partial charge >= 0.3 is 0 Å². The van der Waals surface area contributed by atoms with Crippen LogP contribution in [0.1, 0.15) is 54.0 Å². The summed E-state index contributed by atoms with van der Waals surface area (Å²) in [7, 11) is 1.54. The number of likely N-dealkylation sites (tertiary alicyclic amines) is 1. The van der Waals surface area contributed by atoms with E-state index in [1.807, 2.05) is 23.6 Å². The SMILES string of the molecule is COCC(=O)N1CCCCC1c1nnc2n1CCN(C(=O)Cc1c(C)noc1C)CC2. The Bertz CT molecular complexity index is 932. The zero-order valence-electron chi connectivity index (χ0n) is 18.5. The molecule has 4 heterocycles. The number of rotatable bonds is 5. The Morgan fingerprint density at radius 3 is 2.68 bits per heavy atom. The van der Waals surface area contributed by atoms with Crippen LogP contribution in [-0.2, 0) is 33.7 Å². The van der Waals surface area contributed by atoms with Crippen LogP contribution in [0.2, 0.25) is 0 Å². The molecule has 0 spiro atoms. The number of methoxy groups -OCH3 is 1. The fourth-order valence-corrected chi connectivity index (χ4v) is 4.56. The summed E-state index contributed by atoms with van der Waals surface area (Å²) in [5.41, 5.74) is 1.63. The zero-order valence-corrected chi connectivity index (χ0v) is 18.5. The van der Waals surface area contributed by atoms with E-state index in [4.69, 9.17) is 9.26 Å². The lowest BCUT2D eigenvalue weighted by Crippen LogP contribution is -2.41. The van der Waals surface area contributed by atoms with Gasteiger partial charge in [0.05, 0.1) is 18.2 Å². The minimum atomic E-state index is -0.0952. The van der Waals surface area contributed by atoms with Gasteiger partial charge in [-0.1, -0.05) is 5.16 Å². The number of amides is 2. The molecule has 1 saturated heterocycles. The summed E-state index contributed by atoms with van der Waals surface area (Å²) in [5, 5.41) is 12.8. The van der Waals surface area contributed by atoms with Gasteiger partial charge in [0.1, 0.15) is 18.2 Å². The summed E-state index contributed by atoms with van der Waals surface area (Å²) >= 11 is 0. The third kappa shape index (κ3) is 4.34. The number of ether oxygens (including phenoxy) is 1. The number of carbonyl (C=O) groups excluding carboxylic acids is 2. The Kier molecular flexibility index (Phi) is 6.35. The van der Waals surface area contributed by atoms with Crippen molar-refractivity contribution in [1.82, 2.24) is 29.7 Å². The molecule has 0 saturated carbocycles. The molecule has 2 aromatic heterocycles. The summed E-state index contributed by atoms with van der Waals surface area (Å²) in [4.78, 5) is 29.2. The number of hydrogen-bond acceptors (Lipinski definition) is 7. The normalized spacial score (nSPS) is 19.3. The molecule has 2 aromatic rings. The molecule has 2 aliphatic heterocycles. The maximum absolute atomic E-state index is 12.9. The van der Waals surface area contributed by atoms with Crippen LogP contribution < -0.4 is 0 Å². The number of fused-ring (bicyclic) bond motifs is 1. The van der Waals surface area contributed by atoms with Gasteiger partial charge in [-0.2, -0.15) is 0 Å². The second kappa shape index (κ2) is 9.17. The van der Waals surface area contributed by atoms with Gasteiger partial charge in [-0.25, -0.2) is 0 Å². The van der Waals surface area contributed by atoms with Crippen molar-refractivity contribution in [2.75, 3.05) is 33.4 Å². The van der Waals surface area contributed by atoms with Gasteiger partial charge in [-0.3, -0.25) is 9.59 Å². The van der Waals surface area contributed by atoms with Crippen molar-refractivity contribution in [3.8, 4) is 0 Å². The Morgan fingerprint density at radius 2 is 1.94 bits per heavy atom. The minimum Gasteiger partial charge on any atom is -0.375 e. The van der Waals surface area contributed by atoms with E-state index < -0.39 is 0 Å². The maximum atomic E-state index is 12.9. The van der Waals surface area contributed by atoms with Crippen molar-refractivity contribution in [2.24, 2.45) is 0 Å². The highest BCUT2D eigenvalue weighted by molar-refractivity contribution is 5.79. The quantitative estimate of drug-likeness (QED) is 0.702. The van der Waals surface area contributed by atoms with E-state index in [2.05, 4.69) is 19.9 Å². The summed E-state index contributed by atoms with van der Waals surface area (Å²) in [5.74, 6) is 2.42. The number of aryl methyl sites for hydroxylation is 2. The lowest BCUT2D eigenvalue weighted by Gasteiger charge is -2.35. The molecule has 0 aliphatic carbocycles. The first-order chi connectivity index (χ1) is 15.0. The Morgan fingerprint density at radius 1 is 1.10 bits per heavy atom. The van der Waals surface area contributed by atoms with Crippen LogP contribution in [0.3, 0.4) is 0 Å². The number of carbonyl (C=O) groups is 2. The topological polar surface area (TPSA) is 107 Å². The lowest BCUT2D eigenvalue weighted by molar-refractivity contribution is -0.139. The highest BCUT2D eigenvalue weighted by atomic mass is 16.5. The van der Waals surface area contributed by atoms with Crippen LogP contribution in [0.25, 0.3) is 0 Å². The average Bonchev–Trinajstić information content (AvgIpc) is 3.23. The third-order valence-electron chi connectivity index (χ3n) is 6.31. The van der Waals surface area contributed by atoms with Crippen molar-refractivity contribution in [3.05, 3.63) is 28.7 Å². The molecule has 0 bridgehead atoms. The second-order valence-electron chi connectivity index (χ2n) is 8.27. The van der Waals surface area contributed by atoms with Gasteiger partial charge in [0.15, 0.2) is 5.82 Å². The van der Waals surface area contributed by atoms with Gasteiger partial charge in [-0.15, -0.1) is 10.2 Å². The maximum Gasteiger partial charge on any atom is 0.249 e. The smallest absolute Gasteiger partial charge is 0.249 e. The molecule has 0 radical (unpaired) electrons. The van der Waals surface area contributed by atoms with Crippen LogP contribution in [-0.4, -0.2) is 74.9 Å². The molecule has 4 rings (SSSR count). The first-order valence-corrected chi connectivity index (χ1v) is 10.9. The van der Waals surface area contributed by atoms with Gasteiger partial charge in [0.2, 0.25) is 11.8 Å². The molecule has 0 N–H and O–H groups in total. The molecule has 0 aromatic carbocycles. The van der Waals surface area contributed by atoms with E-state index in [0.717, 1.165) is 42.2 Å². The molecule has 168 valence electrons. The number of nitrogens with zero attached hydrogens (tertiary/aromatic N) is 6. The van der Waals surface area contributed by atoms with Crippen LogP contribution in [0.5, 0.6) is 0 Å². The molecule has 2 amide bonds. The van der Waals surface area contributed by atoms with Gasteiger partial charge < -0.3 is 23.6 Å². The summed E-state index contributed by atoms with van der Waals surface area (Å²) in [6.45, 7) is 6.26. The standard InChI is InChI=1S/C21H30N6O4/c1-14-16(15(2)31-24-14)12-19(28)25-9-7-18-22-23-21(27(18)11-10-25)17-6-4-5-8-26(17)20(29)13-30-3/h17H,4-13H2,1-3H3. The van der Waals surface area contributed by atoms with Crippen LogP contribution in [0.15, 0.2) is 4.52 Å². The highest BCUT2D eigenvalue weighted by Gasteiger charge is 2.33. The Balaban J connectivity index is 1.48. The number of piperidine rings is 1. The van der Waals surface area contributed by atoms with Crippen molar-refractivity contribution >= 4 is 11.8 Å². The molecular weight excluding hydrogens is 400 g/mol. The van der Waals surface area contributed by atoms with Gasteiger partial charge in [-0.05, 0) is 33.1 Å². The van der Waals surface area contributed by atoms with Crippen molar-refractivity contribution < 1.29 is 18.8 Å². The van der Waals surface area contributed by atoms with E-state index in [0.29, 0.717) is 38.4 Å². The molecule has 31 heavy (non-hydrogen) atoms.